The molecule has 2 aromatic rings. The molecule has 0 fully saturated rings. The topological polar surface area (TPSA) is 92.9 Å². The number of nitrogens with two attached hydrogens (primary N) is 1. The van der Waals surface area contributed by atoms with E-state index in [1.807, 2.05) is 12.1 Å². The van der Waals surface area contributed by atoms with Gasteiger partial charge in [-0.1, -0.05) is 11.3 Å². The van der Waals surface area contributed by atoms with Crippen molar-refractivity contribution in [1.29, 1.82) is 0 Å². The summed E-state index contributed by atoms with van der Waals surface area (Å²) in [6.45, 7) is 0.438. The summed E-state index contributed by atoms with van der Waals surface area (Å²) < 4.78 is 0. The number of aromatic nitrogens is 2. The highest BCUT2D eigenvalue weighted by Gasteiger charge is 2.15. The lowest BCUT2D eigenvalue weighted by atomic mass is 10.3. The van der Waals surface area contributed by atoms with Crippen molar-refractivity contribution in [3.63, 3.8) is 0 Å². The van der Waals surface area contributed by atoms with E-state index in [9.17, 15) is 4.79 Å². The van der Waals surface area contributed by atoms with Crippen molar-refractivity contribution < 1.29 is 4.79 Å². The Labute approximate surface area is 108 Å². The molecule has 94 valence electrons. The fourth-order valence-corrected chi connectivity index (χ4v) is 2.12. The highest BCUT2D eigenvalue weighted by molar-refractivity contribution is 7.18. The van der Waals surface area contributed by atoms with Crippen LogP contribution in [-0.2, 0) is 6.54 Å². The van der Waals surface area contributed by atoms with Gasteiger partial charge < -0.3 is 16.4 Å². The van der Waals surface area contributed by atoms with Gasteiger partial charge >= 0.3 is 0 Å². The largest absolute Gasteiger partial charge is 0.382 e. The molecule has 0 radical (unpaired) electrons. The first kappa shape index (κ1) is 12.3. The van der Waals surface area contributed by atoms with Crippen molar-refractivity contribution in [1.82, 2.24) is 15.3 Å². The number of pyridine rings is 1. The zero-order valence-corrected chi connectivity index (χ0v) is 10.6. The first-order chi connectivity index (χ1) is 8.70. The third kappa shape index (κ3) is 2.75. The van der Waals surface area contributed by atoms with Crippen LogP contribution in [0.15, 0.2) is 24.5 Å². The Hall–Kier alpha value is -2.15. The minimum atomic E-state index is -0.219. The maximum Gasteiger partial charge on any atom is 0.265 e. The maximum atomic E-state index is 11.9. The van der Waals surface area contributed by atoms with Crippen molar-refractivity contribution in [3.8, 4) is 0 Å². The van der Waals surface area contributed by atoms with Gasteiger partial charge in [-0.15, -0.1) is 0 Å². The van der Waals surface area contributed by atoms with E-state index in [4.69, 9.17) is 5.73 Å². The highest BCUT2D eigenvalue weighted by Crippen LogP contribution is 2.24. The van der Waals surface area contributed by atoms with Crippen molar-refractivity contribution >= 4 is 28.2 Å². The lowest BCUT2D eigenvalue weighted by Gasteiger charge is -2.03. The van der Waals surface area contributed by atoms with Gasteiger partial charge in [0.2, 0.25) is 0 Å². The molecule has 18 heavy (non-hydrogen) atoms. The standard InChI is InChI=1S/C11H13N5OS/c1-13-11-16-9(12)8(18-11)10(17)15-6-7-2-4-14-5-3-7/h2-5H,6,12H2,1H3,(H,13,16)(H,15,17). The molecule has 0 saturated carbocycles. The van der Waals surface area contributed by atoms with Gasteiger partial charge in [-0.25, -0.2) is 4.98 Å². The Morgan fingerprint density at radius 1 is 1.44 bits per heavy atom. The molecule has 0 saturated heterocycles. The molecule has 0 bridgehead atoms. The smallest absolute Gasteiger partial charge is 0.265 e. The summed E-state index contributed by atoms with van der Waals surface area (Å²) in [4.78, 5) is 20.3. The average Bonchev–Trinajstić information content (AvgIpc) is 2.78. The Balaban J connectivity index is 2.01. The van der Waals surface area contributed by atoms with Crippen LogP contribution in [0.25, 0.3) is 0 Å². The highest BCUT2D eigenvalue weighted by atomic mass is 32.1. The second-order valence-electron chi connectivity index (χ2n) is 3.52. The molecule has 1 amide bonds. The first-order valence-electron chi connectivity index (χ1n) is 5.32. The fourth-order valence-electron chi connectivity index (χ4n) is 1.36. The Bertz CT molecular complexity index is 540. The van der Waals surface area contributed by atoms with E-state index < -0.39 is 0 Å². The minimum absolute atomic E-state index is 0.219. The third-order valence-electron chi connectivity index (χ3n) is 2.28. The molecule has 6 nitrogen and oxygen atoms in total. The van der Waals surface area contributed by atoms with E-state index >= 15 is 0 Å². The number of amides is 1. The molecule has 4 N–H and O–H groups in total. The van der Waals surface area contributed by atoms with Crippen LogP contribution in [0.1, 0.15) is 15.2 Å². The van der Waals surface area contributed by atoms with Crippen LogP contribution in [0.3, 0.4) is 0 Å². The molecule has 0 unspecified atom stereocenters. The molecule has 0 aliphatic rings. The molecule has 2 aromatic heterocycles. The van der Waals surface area contributed by atoms with Crippen molar-refractivity contribution in [2.75, 3.05) is 18.1 Å². The number of carbonyl (C=O) groups excluding carboxylic acids is 1. The van der Waals surface area contributed by atoms with Gasteiger partial charge in [0.25, 0.3) is 5.91 Å². The lowest BCUT2D eigenvalue weighted by molar-refractivity contribution is 0.0955. The minimum Gasteiger partial charge on any atom is -0.382 e. The number of nitrogen functional groups attached to an aromatic ring is 1. The molecule has 7 heteroatoms. The number of rotatable bonds is 4. The second kappa shape index (κ2) is 5.46. The molecule has 0 aliphatic heterocycles. The number of hydrogen-bond donors (Lipinski definition) is 3. The number of nitrogens with one attached hydrogen (secondary N) is 2. The zero-order valence-electron chi connectivity index (χ0n) is 9.80. The summed E-state index contributed by atoms with van der Waals surface area (Å²) in [7, 11) is 1.73. The molecular formula is C11H13N5OS. The van der Waals surface area contributed by atoms with Crippen LogP contribution in [-0.4, -0.2) is 22.9 Å². The predicted molar refractivity (Wildman–Crippen MR) is 71.5 cm³/mol. The van der Waals surface area contributed by atoms with Crippen molar-refractivity contribution in [2.45, 2.75) is 6.54 Å². The Kier molecular flexibility index (Phi) is 3.73. The van der Waals surface area contributed by atoms with Crippen LogP contribution >= 0.6 is 11.3 Å². The van der Waals surface area contributed by atoms with Gasteiger partial charge in [-0.2, -0.15) is 0 Å². The van der Waals surface area contributed by atoms with E-state index in [0.29, 0.717) is 16.6 Å². The summed E-state index contributed by atoms with van der Waals surface area (Å²) in [5, 5.41) is 6.27. The Morgan fingerprint density at radius 3 is 2.78 bits per heavy atom. The van der Waals surface area contributed by atoms with Crippen LogP contribution < -0.4 is 16.4 Å². The SMILES string of the molecule is CNc1nc(N)c(C(=O)NCc2ccncc2)s1. The van der Waals surface area contributed by atoms with Crippen LogP contribution in [0, 0.1) is 0 Å². The van der Waals surface area contributed by atoms with Gasteiger partial charge in [0.1, 0.15) is 10.7 Å². The van der Waals surface area contributed by atoms with Crippen LogP contribution in [0.4, 0.5) is 10.9 Å². The van der Waals surface area contributed by atoms with E-state index in [1.165, 1.54) is 11.3 Å². The summed E-state index contributed by atoms with van der Waals surface area (Å²) in [5.41, 5.74) is 6.66. The number of anilines is 2. The monoisotopic (exact) mass is 263 g/mol. The molecule has 0 aliphatic carbocycles. The number of carbonyl (C=O) groups is 1. The lowest BCUT2D eigenvalue weighted by Crippen LogP contribution is -2.22. The van der Waals surface area contributed by atoms with Crippen LogP contribution in [0.2, 0.25) is 0 Å². The number of hydrogen-bond acceptors (Lipinski definition) is 6. The third-order valence-corrected chi connectivity index (χ3v) is 3.36. The summed E-state index contributed by atoms with van der Waals surface area (Å²) in [6.07, 6.45) is 3.36. The molecule has 0 spiro atoms. The van der Waals surface area contributed by atoms with E-state index in [1.54, 1.807) is 19.4 Å². The quantitative estimate of drug-likeness (QED) is 0.768. The molecule has 2 heterocycles. The molecular weight excluding hydrogens is 250 g/mol. The normalized spacial score (nSPS) is 10.1. The van der Waals surface area contributed by atoms with Crippen molar-refractivity contribution in [2.24, 2.45) is 0 Å². The summed E-state index contributed by atoms with van der Waals surface area (Å²) in [6, 6.07) is 3.69. The van der Waals surface area contributed by atoms with Crippen molar-refractivity contribution in [3.05, 3.63) is 35.0 Å². The van der Waals surface area contributed by atoms with Crippen LogP contribution in [0.5, 0.6) is 0 Å². The Morgan fingerprint density at radius 2 is 2.17 bits per heavy atom. The van der Waals surface area contributed by atoms with Gasteiger partial charge in [-0.05, 0) is 17.7 Å². The summed E-state index contributed by atoms with van der Waals surface area (Å²) >= 11 is 1.23. The molecule has 0 atom stereocenters. The fraction of sp³-hybridized carbons (Fsp3) is 0.182. The van der Waals surface area contributed by atoms with Gasteiger partial charge in [-0.3, -0.25) is 9.78 Å². The number of nitrogens with zero attached hydrogens (tertiary/aromatic N) is 2. The predicted octanol–water partition coefficient (Wildman–Crippen LogP) is 1.09. The maximum absolute atomic E-state index is 11.9. The summed E-state index contributed by atoms with van der Waals surface area (Å²) in [5.74, 6) is 0.0277. The van der Waals surface area contributed by atoms with Gasteiger partial charge in [0.05, 0.1) is 0 Å². The second-order valence-corrected chi connectivity index (χ2v) is 4.52. The zero-order chi connectivity index (χ0) is 13.0. The van der Waals surface area contributed by atoms with Gasteiger partial charge in [0, 0.05) is 26.0 Å². The average molecular weight is 263 g/mol. The first-order valence-corrected chi connectivity index (χ1v) is 6.13. The molecule has 2 rings (SSSR count). The molecule has 0 aromatic carbocycles. The van der Waals surface area contributed by atoms with E-state index in [2.05, 4.69) is 20.6 Å². The van der Waals surface area contributed by atoms with E-state index in [-0.39, 0.29) is 11.7 Å². The number of thiazole rings is 1. The van der Waals surface area contributed by atoms with E-state index in [0.717, 1.165) is 5.56 Å². The van der Waals surface area contributed by atoms with Gasteiger partial charge in [0.15, 0.2) is 5.13 Å².